The van der Waals surface area contributed by atoms with Gasteiger partial charge >= 0.3 is 0 Å². The van der Waals surface area contributed by atoms with Crippen LogP contribution in [0.2, 0.25) is 5.02 Å². The SMILES string of the molecule is CCC(=CC(=O)Cc1ccc(Cl)cc1F)CC. The Bertz CT molecular complexity index is 432. The fraction of sp³-hybridized carbons (Fsp3) is 0.357. The molecular weight excluding hydrogens is 239 g/mol. The van der Waals surface area contributed by atoms with Gasteiger partial charge in [0.1, 0.15) is 5.82 Å². The van der Waals surface area contributed by atoms with E-state index in [0.29, 0.717) is 10.6 Å². The second-order valence-electron chi connectivity index (χ2n) is 3.89. The molecule has 0 bridgehead atoms. The van der Waals surface area contributed by atoms with Gasteiger partial charge in [-0.05, 0) is 36.6 Å². The molecule has 0 fully saturated rings. The van der Waals surface area contributed by atoms with Crippen molar-refractivity contribution in [3.8, 4) is 0 Å². The third-order valence-corrected chi connectivity index (χ3v) is 2.89. The smallest absolute Gasteiger partial charge is 0.160 e. The summed E-state index contributed by atoms with van der Waals surface area (Å²) in [6.07, 6.45) is 3.41. The van der Waals surface area contributed by atoms with Gasteiger partial charge in [0.15, 0.2) is 5.78 Å². The number of benzene rings is 1. The van der Waals surface area contributed by atoms with Crippen LogP contribution in [-0.2, 0) is 11.2 Å². The molecule has 0 unspecified atom stereocenters. The highest BCUT2D eigenvalue weighted by Crippen LogP contribution is 2.16. The van der Waals surface area contributed by atoms with Gasteiger partial charge in [-0.2, -0.15) is 0 Å². The first kappa shape index (κ1) is 13.9. The zero-order valence-corrected chi connectivity index (χ0v) is 10.9. The molecule has 1 aromatic rings. The van der Waals surface area contributed by atoms with Crippen LogP contribution in [0.25, 0.3) is 0 Å². The molecule has 0 N–H and O–H groups in total. The fourth-order valence-electron chi connectivity index (χ4n) is 1.59. The molecule has 0 aliphatic carbocycles. The van der Waals surface area contributed by atoms with Gasteiger partial charge in [0.25, 0.3) is 0 Å². The third-order valence-electron chi connectivity index (χ3n) is 2.65. The molecule has 17 heavy (non-hydrogen) atoms. The number of carbonyl (C=O) groups excluding carboxylic acids is 1. The van der Waals surface area contributed by atoms with Crippen LogP contribution < -0.4 is 0 Å². The van der Waals surface area contributed by atoms with Gasteiger partial charge in [-0.25, -0.2) is 4.39 Å². The summed E-state index contributed by atoms with van der Waals surface area (Å²) in [6.45, 7) is 4.01. The van der Waals surface area contributed by atoms with E-state index in [4.69, 9.17) is 11.6 Å². The van der Waals surface area contributed by atoms with Crippen LogP contribution in [0.1, 0.15) is 32.3 Å². The molecule has 92 valence electrons. The van der Waals surface area contributed by atoms with E-state index in [0.717, 1.165) is 18.4 Å². The van der Waals surface area contributed by atoms with Gasteiger partial charge in [0.05, 0.1) is 0 Å². The van der Waals surface area contributed by atoms with Crippen molar-refractivity contribution in [2.75, 3.05) is 0 Å². The maximum atomic E-state index is 13.5. The van der Waals surface area contributed by atoms with Crippen molar-refractivity contribution in [2.45, 2.75) is 33.1 Å². The van der Waals surface area contributed by atoms with Gasteiger partial charge in [-0.3, -0.25) is 4.79 Å². The van der Waals surface area contributed by atoms with Crippen LogP contribution in [0.15, 0.2) is 29.8 Å². The lowest BCUT2D eigenvalue weighted by atomic mass is 10.0. The van der Waals surface area contributed by atoms with Crippen molar-refractivity contribution in [1.29, 1.82) is 0 Å². The minimum atomic E-state index is -0.422. The van der Waals surface area contributed by atoms with Crippen molar-refractivity contribution in [1.82, 2.24) is 0 Å². The van der Waals surface area contributed by atoms with Crippen LogP contribution in [-0.4, -0.2) is 5.78 Å². The first-order valence-corrected chi connectivity index (χ1v) is 6.10. The summed E-state index contributed by atoms with van der Waals surface area (Å²) in [5, 5.41) is 0.344. The Hall–Kier alpha value is -1.15. The zero-order chi connectivity index (χ0) is 12.8. The van der Waals surface area contributed by atoms with E-state index in [9.17, 15) is 9.18 Å². The van der Waals surface area contributed by atoms with Crippen molar-refractivity contribution >= 4 is 17.4 Å². The number of halogens is 2. The lowest BCUT2D eigenvalue weighted by Gasteiger charge is -2.03. The average Bonchev–Trinajstić information content (AvgIpc) is 2.29. The molecule has 0 amide bonds. The van der Waals surface area contributed by atoms with Crippen LogP contribution in [0.5, 0.6) is 0 Å². The molecule has 3 heteroatoms. The lowest BCUT2D eigenvalue weighted by Crippen LogP contribution is -2.02. The van der Waals surface area contributed by atoms with E-state index in [1.165, 1.54) is 6.07 Å². The predicted molar refractivity (Wildman–Crippen MR) is 68.8 cm³/mol. The molecule has 1 aromatic carbocycles. The average molecular weight is 255 g/mol. The Labute approximate surface area is 106 Å². The molecule has 0 atom stereocenters. The van der Waals surface area contributed by atoms with E-state index in [-0.39, 0.29) is 12.2 Å². The van der Waals surface area contributed by atoms with Gasteiger partial charge in [0.2, 0.25) is 0 Å². The normalized spacial score (nSPS) is 10.1. The summed E-state index contributed by atoms with van der Waals surface area (Å²) >= 11 is 5.65. The molecule has 0 spiro atoms. The highest BCUT2D eigenvalue weighted by Gasteiger charge is 2.07. The maximum Gasteiger partial charge on any atom is 0.160 e. The van der Waals surface area contributed by atoms with Gasteiger partial charge in [0, 0.05) is 11.4 Å². The van der Waals surface area contributed by atoms with Crippen molar-refractivity contribution < 1.29 is 9.18 Å². The Morgan fingerprint density at radius 1 is 1.35 bits per heavy atom. The number of allylic oxidation sites excluding steroid dienone is 2. The summed E-state index contributed by atoms with van der Waals surface area (Å²) in [6, 6.07) is 4.38. The molecular formula is C14H16ClFO. The highest BCUT2D eigenvalue weighted by molar-refractivity contribution is 6.30. The van der Waals surface area contributed by atoms with E-state index in [2.05, 4.69) is 0 Å². The number of hydrogen-bond acceptors (Lipinski definition) is 1. The van der Waals surface area contributed by atoms with Gasteiger partial charge in [-0.1, -0.05) is 37.1 Å². The number of hydrogen-bond donors (Lipinski definition) is 0. The number of carbonyl (C=O) groups is 1. The Morgan fingerprint density at radius 3 is 2.53 bits per heavy atom. The minimum Gasteiger partial charge on any atom is -0.294 e. The minimum absolute atomic E-state index is 0.0649. The summed E-state index contributed by atoms with van der Waals surface area (Å²) in [4.78, 5) is 11.7. The molecule has 0 saturated carbocycles. The fourth-order valence-corrected chi connectivity index (χ4v) is 1.74. The molecule has 0 aromatic heterocycles. The molecule has 1 rings (SSSR count). The molecule has 1 nitrogen and oxygen atoms in total. The van der Waals surface area contributed by atoms with Crippen molar-refractivity contribution in [3.05, 3.63) is 46.3 Å². The van der Waals surface area contributed by atoms with Crippen molar-refractivity contribution in [3.63, 3.8) is 0 Å². The summed E-state index contributed by atoms with van der Waals surface area (Å²) in [5.41, 5.74) is 1.48. The van der Waals surface area contributed by atoms with Crippen molar-refractivity contribution in [2.24, 2.45) is 0 Å². The standard InChI is InChI=1S/C14H16ClFO/c1-3-10(4-2)7-13(17)8-11-5-6-12(15)9-14(11)16/h5-7,9H,3-4,8H2,1-2H3. The van der Waals surface area contributed by atoms with E-state index >= 15 is 0 Å². The van der Waals surface area contributed by atoms with Gasteiger partial charge < -0.3 is 0 Å². The van der Waals surface area contributed by atoms with Crippen LogP contribution in [0.4, 0.5) is 4.39 Å². The largest absolute Gasteiger partial charge is 0.294 e. The Kier molecular flexibility index (Phi) is 5.36. The molecule has 0 saturated heterocycles. The number of ketones is 1. The third kappa shape index (κ3) is 4.31. The first-order valence-electron chi connectivity index (χ1n) is 5.73. The van der Waals surface area contributed by atoms with Crippen LogP contribution >= 0.6 is 11.6 Å². The highest BCUT2D eigenvalue weighted by atomic mass is 35.5. The second-order valence-corrected chi connectivity index (χ2v) is 4.32. The summed E-state index contributed by atoms with van der Waals surface area (Å²) in [5.74, 6) is -0.487. The Balaban J connectivity index is 2.78. The quantitative estimate of drug-likeness (QED) is 0.715. The van der Waals surface area contributed by atoms with Crippen LogP contribution in [0, 0.1) is 5.82 Å². The molecule has 0 heterocycles. The van der Waals surface area contributed by atoms with E-state index in [1.54, 1.807) is 18.2 Å². The van der Waals surface area contributed by atoms with E-state index in [1.807, 2.05) is 13.8 Å². The molecule has 0 radical (unpaired) electrons. The Morgan fingerprint density at radius 2 is 2.00 bits per heavy atom. The second kappa shape index (κ2) is 6.55. The summed E-state index contributed by atoms with van der Waals surface area (Å²) in [7, 11) is 0. The molecule has 0 aliphatic rings. The lowest BCUT2D eigenvalue weighted by molar-refractivity contribution is -0.114. The topological polar surface area (TPSA) is 17.1 Å². The maximum absolute atomic E-state index is 13.5. The first-order chi connectivity index (χ1) is 8.06. The number of rotatable bonds is 5. The van der Waals surface area contributed by atoms with E-state index < -0.39 is 5.82 Å². The summed E-state index contributed by atoms with van der Waals surface area (Å²) < 4.78 is 13.5. The predicted octanol–water partition coefficient (Wildman–Crippen LogP) is 4.34. The van der Waals surface area contributed by atoms with Crippen LogP contribution in [0.3, 0.4) is 0 Å². The monoisotopic (exact) mass is 254 g/mol. The zero-order valence-electron chi connectivity index (χ0n) is 10.1. The van der Waals surface area contributed by atoms with Gasteiger partial charge in [-0.15, -0.1) is 0 Å². The molecule has 0 aliphatic heterocycles.